The summed E-state index contributed by atoms with van der Waals surface area (Å²) in [6.45, 7) is 9.72. The molecular formula is C30H33N3O3S. The quantitative estimate of drug-likeness (QED) is 0.249. The summed E-state index contributed by atoms with van der Waals surface area (Å²) in [5.41, 5.74) is 5.89. The summed E-state index contributed by atoms with van der Waals surface area (Å²) in [4.78, 5) is 26.4. The van der Waals surface area contributed by atoms with Crippen molar-refractivity contribution < 1.29 is 14.3 Å². The van der Waals surface area contributed by atoms with Crippen molar-refractivity contribution in [3.8, 4) is 5.75 Å². The number of para-hydroxylation sites is 1. The molecule has 0 radical (unpaired) electrons. The second-order valence-corrected chi connectivity index (χ2v) is 10.0. The van der Waals surface area contributed by atoms with Crippen LogP contribution >= 0.6 is 11.8 Å². The zero-order valence-corrected chi connectivity index (χ0v) is 22.6. The van der Waals surface area contributed by atoms with Gasteiger partial charge >= 0.3 is 0 Å². The van der Waals surface area contributed by atoms with Crippen molar-refractivity contribution in [1.29, 1.82) is 0 Å². The Kier molecular flexibility index (Phi) is 8.56. The highest BCUT2D eigenvalue weighted by Crippen LogP contribution is 2.30. The van der Waals surface area contributed by atoms with E-state index in [0.29, 0.717) is 31.0 Å². The molecule has 0 aliphatic rings. The summed E-state index contributed by atoms with van der Waals surface area (Å²) >= 11 is 1.52. The van der Waals surface area contributed by atoms with Crippen molar-refractivity contribution in [2.75, 3.05) is 24.2 Å². The van der Waals surface area contributed by atoms with E-state index in [1.165, 1.54) is 17.3 Å². The molecule has 4 rings (SSSR count). The summed E-state index contributed by atoms with van der Waals surface area (Å²) in [5, 5.41) is 7.17. The molecule has 2 amide bonds. The molecule has 0 bridgehead atoms. The molecule has 0 aliphatic heterocycles. The molecule has 0 saturated heterocycles. The van der Waals surface area contributed by atoms with Crippen LogP contribution in [0.2, 0.25) is 0 Å². The zero-order valence-electron chi connectivity index (χ0n) is 21.8. The van der Waals surface area contributed by atoms with Gasteiger partial charge in [0.15, 0.2) is 0 Å². The summed E-state index contributed by atoms with van der Waals surface area (Å²) in [5.74, 6) is 0.919. The van der Waals surface area contributed by atoms with E-state index >= 15 is 0 Å². The maximum absolute atomic E-state index is 12.8. The molecule has 1 heterocycles. The number of hydrogen-bond donors (Lipinski definition) is 2. The Bertz CT molecular complexity index is 1390. The molecular weight excluding hydrogens is 482 g/mol. The number of carbonyl (C=O) groups excluding carboxylic acids is 2. The molecule has 0 fully saturated rings. The number of thioether (sulfide) groups is 1. The lowest BCUT2D eigenvalue weighted by atomic mass is 10.1. The van der Waals surface area contributed by atoms with Crippen LogP contribution in [0.3, 0.4) is 0 Å². The Morgan fingerprint density at radius 1 is 0.973 bits per heavy atom. The Morgan fingerprint density at radius 3 is 2.38 bits per heavy atom. The lowest BCUT2D eigenvalue weighted by Crippen LogP contribution is -2.27. The first-order valence-electron chi connectivity index (χ1n) is 12.4. The Morgan fingerprint density at radius 2 is 1.68 bits per heavy atom. The smallest absolute Gasteiger partial charge is 0.251 e. The molecule has 0 spiro atoms. The average Bonchev–Trinajstić information content (AvgIpc) is 3.23. The van der Waals surface area contributed by atoms with Gasteiger partial charge in [0.1, 0.15) is 5.75 Å². The molecule has 0 unspecified atom stereocenters. The SMILES string of the molecule is CCOc1ccc(C(=O)NCCn2cc(SCC(=O)Nc3c(C)cc(C)cc3C)c3ccccc32)cc1. The van der Waals surface area contributed by atoms with E-state index in [2.05, 4.69) is 52.6 Å². The third kappa shape index (κ3) is 6.54. The van der Waals surface area contributed by atoms with E-state index in [1.54, 1.807) is 24.3 Å². The van der Waals surface area contributed by atoms with Gasteiger partial charge in [0.25, 0.3) is 5.91 Å². The number of nitrogens with one attached hydrogen (secondary N) is 2. The van der Waals surface area contributed by atoms with Crippen LogP contribution in [0, 0.1) is 20.8 Å². The van der Waals surface area contributed by atoms with E-state index in [1.807, 2.05) is 32.9 Å². The highest BCUT2D eigenvalue weighted by molar-refractivity contribution is 8.00. The lowest BCUT2D eigenvalue weighted by Gasteiger charge is -2.12. The molecule has 4 aromatic rings. The molecule has 3 aromatic carbocycles. The van der Waals surface area contributed by atoms with Crippen LogP contribution in [0.1, 0.15) is 34.0 Å². The van der Waals surface area contributed by atoms with Crippen LogP contribution in [-0.4, -0.2) is 35.3 Å². The molecule has 1 aromatic heterocycles. The van der Waals surface area contributed by atoms with Gasteiger partial charge in [-0.15, -0.1) is 11.8 Å². The number of ether oxygens (including phenoxy) is 1. The second kappa shape index (κ2) is 12.0. The van der Waals surface area contributed by atoms with Crippen LogP contribution in [0.15, 0.2) is 71.8 Å². The van der Waals surface area contributed by atoms with Gasteiger partial charge in [-0.05, 0) is 69.2 Å². The second-order valence-electron chi connectivity index (χ2n) is 9.03. The fourth-order valence-electron chi connectivity index (χ4n) is 4.47. The Hall–Kier alpha value is -3.71. The maximum atomic E-state index is 12.8. The number of amides is 2. The number of rotatable bonds is 10. The first-order valence-corrected chi connectivity index (χ1v) is 13.4. The predicted molar refractivity (Wildman–Crippen MR) is 152 cm³/mol. The minimum atomic E-state index is -0.118. The first kappa shape index (κ1) is 26.4. The molecule has 192 valence electrons. The Labute approximate surface area is 222 Å². The first-order chi connectivity index (χ1) is 17.9. The van der Waals surface area contributed by atoms with Crippen molar-refractivity contribution in [2.45, 2.75) is 39.1 Å². The summed E-state index contributed by atoms with van der Waals surface area (Å²) in [7, 11) is 0. The molecule has 2 N–H and O–H groups in total. The molecule has 0 saturated carbocycles. The van der Waals surface area contributed by atoms with Crippen molar-refractivity contribution in [3.63, 3.8) is 0 Å². The number of carbonyl (C=O) groups is 2. The molecule has 0 atom stereocenters. The number of aryl methyl sites for hydroxylation is 3. The van der Waals surface area contributed by atoms with Gasteiger partial charge < -0.3 is 19.9 Å². The molecule has 6 nitrogen and oxygen atoms in total. The van der Waals surface area contributed by atoms with Crippen molar-refractivity contribution >= 4 is 40.2 Å². The standard InChI is InChI=1S/C30H33N3O3S/c1-5-36-24-12-10-23(11-13-24)30(35)31-14-15-33-18-27(25-8-6-7-9-26(25)33)37-19-28(34)32-29-21(3)16-20(2)17-22(29)4/h6-13,16-18H,5,14-15,19H2,1-4H3,(H,31,35)(H,32,34). The van der Waals surface area contributed by atoms with E-state index < -0.39 is 0 Å². The van der Waals surface area contributed by atoms with Gasteiger partial charge in [0.2, 0.25) is 5.91 Å². The fourth-order valence-corrected chi connectivity index (χ4v) is 5.36. The normalized spacial score (nSPS) is 10.9. The van der Waals surface area contributed by atoms with E-state index in [4.69, 9.17) is 4.74 Å². The number of nitrogens with zero attached hydrogens (tertiary/aromatic N) is 1. The monoisotopic (exact) mass is 515 g/mol. The topological polar surface area (TPSA) is 72.4 Å². The number of anilines is 1. The predicted octanol–water partition coefficient (Wildman–Crippen LogP) is 6.13. The van der Waals surface area contributed by atoms with Gasteiger partial charge in [-0.25, -0.2) is 0 Å². The molecule has 37 heavy (non-hydrogen) atoms. The lowest BCUT2D eigenvalue weighted by molar-refractivity contribution is -0.113. The van der Waals surface area contributed by atoms with Gasteiger partial charge in [0.05, 0.1) is 12.4 Å². The van der Waals surface area contributed by atoms with Gasteiger partial charge in [-0.3, -0.25) is 9.59 Å². The Balaban J connectivity index is 1.37. The van der Waals surface area contributed by atoms with Crippen molar-refractivity contribution in [2.24, 2.45) is 0 Å². The van der Waals surface area contributed by atoms with Crippen LogP contribution in [0.4, 0.5) is 5.69 Å². The van der Waals surface area contributed by atoms with Gasteiger partial charge in [-0.2, -0.15) is 0 Å². The van der Waals surface area contributed by atoms with Gasteiger partial charge in [0, 0.05) is 46.3 Å². The van der Waals surface area contributed by atoms with Crippen LogP contribution in [-0.2, 0) is 11.3 Å². The number of benzene rings is 3. The van der Waals surface area contributed by atoms with Crippen LogP contribution in [0.5, 0.6) is 5.75 Å². The molecule has 0 aliphatic carbocycles. The van der Waals surface area contributed by atoms with Crippen LogP contribution in [0.25, 0.3) is 10.9 Å². The average molecular weight is 516 g/mol. The highest BCUT2D eigenvalue weighted by Gasteiger charge is 2.13. The maximum Gasteiger partial charge on any atom is 0.251 e. The number of aromatic nitrogens is 1. The van der Waals surface area contributed by atoms with Crippen LogP contribution < -0.4 is 15.4 Å². The largest absolute Gasteiger partial charge is 0.494 e. The fraction of sp³-hybridized carbons (Fsp3) is 0.267. The van der Waals surface area contributed by atoms with Crippen molar-refractivity contribution in [3.05, 3.63) is 89.1 Å². The number of fused-ring (bicyclic) bond motifs is 1. The summed E-state index contributed by atoms with van der Waals surface area (Å²) in [6.07, 6.45) is 2.06. The summed E-state index contributed by atoms with van der Waals surface area (Å²) in [6, 6.07) is 19.4. The summed E-state index contributed by atoms with van der Waals surface area (Å²) < 4.78 is 7.57. The minimum absolute atomic E-state index is 0.0282. The third-order valence-electron chi connectivity index (χ3n) is 6.12. The number of hydrogen-bond acceptors (Lipinski definition) is 4. The van der Waals surface area contributed by atoms with E-state index in [9.17, 15) is 9.59 Å². The zero-order chi connectivity index (χ0) is 26.4. The highest BCUT2D eigenvalue weighted by atomic mass is 32.2. The third-order valence-corrected chi connectivity index (χ3v) is 7.16. The van der Waals surface area contributed by atoms with E-state index in [-0.39, 0.29) is 11.8 Å². The molecule has 7 heteroatoms. The van der Waals surface area contributed by atoms with E-state index in [0.717, 1.165) is 38.4 Å². The minimum Gasteiger partial charge on any atom is -0.494 e. The van der Waals surface area contributed by atoms with Crippen molar-refractivity contribution in [1.82, 2.24) is 9.88 Å². The van der Waals surface area contributed by atoms with Gasteiger partial charge in [-0.1, -0.05) is 35.9 Å².